The lowest BCUT2D eigenvalue weighted by molar-refractivity contribution is -0.143. The van der Waals surface area contributed by atoms with Gasteiger partial charge in [0.05, 0.1) is 11.0 Å². The molecule has 1 aliphatic heterocycles. The number of Topliss-reactive ketones (excluding diaryl/α,β-unsaturated/α-hetero) is 1. The molecule has 46 heavy (non-hydrogen) atoms. The molecule has 1 aromatic heterocycles. The van der Waals surface area contributed by atoms with Crippen LogP contribution in [0.5, 0.6) is 0 Å². The summed E-state index contributed by atoms with van der Waals surface area (Å²) in [7, 11) is 0. The van der Waals surface area contributed by atoms with Gasteiger partial charge in [-0.25, -0.2) is 9.78 Å². The van der Waals surface area contributed by atoms with Crippen LogP contribution < -0.4 is 21.7 Å². The normalized spacial score (nSPS) is 19.7. The zero-order valence-electron chi connectivity index (χ0n) is 29.2. The number of primary amides is 1. The number of nitrogens with two attached hydrogens (primary N) is 1. The van der Waals surface area contributed by atoms with Crippen molar-refractivity contribution in [3.8, 4) is 0 Å². The van der Waals surface area contributed by atoms with E-state index in [0.29, 0.717) is 25.8 Å². The molecule has 1 saturated heterocycles. The fourth-order valence-corrected chi connectivity index (χ4v) is 6.73. The molecule has 4 atom stereocenters. The molecule has 5 amide bonds. The van der Waals surface area contributed by atoms with Gasteiger partial charge in [0.25, 0.3) is 5.91 Å². The maximum Gasteiger partial charge on any atom is 0.315 e. The van der Waals surface area contributed by atoms with Gasteiger partial charge in [0.15, 0.2) is 0 Å². The fraction of sp³-hybridized carbons (Fsp3) is 0.765. The molecule has 2 heterocycles. The topological polar surface area (TPSA) is 164 Å². The molecule has 4 unspecified atom stereocenters. The van der Waals surface area contributed by atoms with Crippen LogP contribution in [-0.2, 0) is 25.6 Å². The number of nitrogens with zero attached hydrogens (tertiary/aromatic N) is 2. The Morgan fingerprint density at radius 2 is 1.67 bits per heavy atom. The Hall–Kier alpha value is -3.02. The van der Waals surface area contributed by atoms with Gasteiger partial charge in [-0.1, -0.05) is 81.1 Å². The molecule has 0 aromatic carbocycles. The largest absolute Gasteiger partial charge is 0.363 e. The van der Waals surface area contributed by atoms with E-state index in [2.05, 4.69) is 41.7 Å². The number of aromatic nitrogens is 1. The van der Waals surface area contributed by atoms with E-state index in [9.17, 15) is 24.0 Å². The zero-order chi connectivity index (χ0) is 34.7. The molecule has 1 aromatic rings. The van der Waals surface area contributed by atoms with Crippen LogP contribution >= 0.6 is 11.3 Å². The molecular weight excluding hydrogens is 604 g/mol. The van der Waals surface area contributed by atoms with Crippen LogP contribution in [0.4, 0.5) is 4.79 Å². The van der Waals surface area contributed by atoms with Crippen molar-refractivity contribution in [2.45, 2.75) is 143 Å². The smallest absolute Gasteiger partial charge is 0.315 e. The van der Waals surface area contributed by atoms with E-state index in [-0.39, 0.29) is 18.2 Å². The quantitative estimate of drug-likeness (QED) is 0.237. The summed E-state index contributed by atoms with van der Waals surface area (Å²) in [5, 5.41) is 11.8. The van der Waals surface area contributed by atoms with Crippen molar-refractivity contribution in [3.05, 3.63) is 16.6 Å². The second kappa shape index (κ2) is 17.8. The summed E-state index contributed by atoms with van der Waals surface area (Å²) in [6.45, 7) is 16.4. The van der Waals surface area contributed by atoms with Crippen LogP contribution in [0.3, 0.4) is 0 Å². The van der Waals surface area contributed by atoms with Crippen LogP contribution in [0, 0.1) is 17.3 Å². The minimum absolute atomic E-state index is 0.0796. The van der Waals surface area contributed by atoms with E-state index in [0.717, 1.165) is 49.5 Å². The molecular formula is C34H58N6O5S. The number of carbonyl (C=O) groups excluding carboxylic acids is 5. The highest BCUT2D eigenvalue weighted by Gasteiger charge is 2.44. The summed E-state index contributed by atoms with van der Waals surface area (Å²) in [6.07, 6.45) is 9.28. The van der Waals surface area contributed by atoms with Gasteiger partial charge in [0, 0.05) is 30.1 Å². The van der Waals surface area contributed by atoms with E-state index < -0.39 is 52.7 Å². The number of likely N-dealkylation sites (tertiary alicyclic amines) is 1. The highest BCUT2D eigenvalue weighted by molar-refractivity contribution is 7.09. The molecule has 260 valence electrons. The molecule has 5 N–H and O–H groups in total. The molecule has 1 aliphatic carbocycles. The predicted octanol–water partition coefficient (Wildman–Crippen LogP) is 4.73. The Morgan fingerprint density at radius 1 is 1.04 bits per heavy atom. The number of hydrogen-bond acceptors (Lipinski definition) is 7. The number of thiazole rings is 1. The van der Waals surface area contributed by atoms with Gasteiger partial charge >= 0.3 is 6.03 Å². The van der Waals surface area contributed by atoms with Crippen LogP contribution in [0.25, 0.3) is 0 Å². The van der Waals surface area contributed by atoms with Gasteiger partial charge in [-0.3, -0.25) is 19.2 Å². The average Bonchev–Trinajstić information content (AvgIpc) is 3.66. The van der Waals surface area contributed by atoms with E-state index in [1.165, 1.54) is 4.90 Å². The molecule has 11 nitrogen and oxygen atoms in total. The van der Waals surface area contributed by atoms with Gasteiger partial charge in [0.2, 0.25) is 17.6 Å². The molecule has 2 aliphatic rings. The highest BCUT2D eigenvalue weighted by Crippen LogP contribution is 2.32. The highest BCUT2D eigenvalue weighted by atomic mass is 32.1. The SMILES string of the molecule is CC(C)C.CCC(C)CC(NC(=O)C1CCCN1C(=O)C(NC(=O)NC1(Cc2nccs2)CCCCC1)C(C)(C)C)C(=O)C(N)=O. The molecule has 3 rings (SSSR count). The van der Waals surface area contributed by atoms with Gasteiger partial charge in [-0.2, -0.15) is 0 Å². The van der Waals surface area contributed by atoms with Crippen molar-refractivity contribution in [3.63, 3.8) is 0 Å². The third-order valence-electron chi connectivity index (χ3n) is 8.60. The first-order chi connectivity index (χ1) is 21.5. The summed E-state index contributed by atoms with van der Waals surface area (Å²) >= 11 is 1.57. The minimum Gasteiger partial charge on any atom is -0.363 e. The number of hydrogen-bond donors (Lipinski definition) is 4. The number of rotatable bonds is 12. The number of urea groups is 1. The molecule has 1 saturated carbocycles. The lowest BCUT2D eigenvalue weighted by Gasteiger charge is -2.40. The van der Waals surface area contributed by atoms with Crippen LogP contribution in [-0.4, -0.2) is 69.6 Å². The zero-order valence-corrected chi connectivity index (χ0v) is 30.1. The van der Waals surface area contributed by atoms with Crippen molar-refractivity contribution in [2.75, 3.05) is 6.54 Å². The summed E-state index contributed by atoms with van der Waals surface area (Å²) in [5.41, 5.74) is 4.18. The first-order valence-corrected chi connectivity index (χ1v) is 17.8. The number of amides is 5. The summed E-state index contributed by atoms with van der Waals surface area (Å²) in [6, 6.07) is -3.17. The lowest BCUT2D eigenvalue weighted by atomic mass is 9.79. The van der Waals surface area contributed by atoms with Crippen LogP contribution in [0.15, 0.2) is 11.6 Å². The first-order valence-electron chi connectivity index (χ1n) is 16.9. The van der Waals surface area contributed by atoms with Crippen molar-refractivity contribution in [1.82, 2.24) is 25.8 Å². The third kappa shape index (κ3) is 12.0. The Morgan fingerprint density at radius 3 is 2.20 bits per heavy atom. The standard InChI is InChI=1S/C30H48N6O5S.C4H10/c1-6-19(2)17-20(23(37)25(31)38)33-26(39)21-11-10-15-36(21)27(40)24(29(3,4)5)34-28(41)35-30(12-8-7-9-13-30)18-22-32-14-16-42-22;1-4(2)3/h14,16,19-21,24H,6-13,15,17-18H2,1-5H3,(H2,31,38)(H,33,39)(H2,34,35,41);4H,1-3H3. The maximum atomic E-state index is 14.0. The second-order valence-corrected chi connectivity index (χ2v) is 15.8. The summed E-state index contributed by atoms with van der Waals surface area (Å²) < 4.78 is 0. The summed E-state index contributed by atoms with van der Waals surface area (Å²) in [4.78, 5) is 70.9. The molecule has 2 fully saturated rings. The number of ketones is 1. The van der Waals surface area contributed by atoms with Gasteiger partial charge in [0.1, 0.15) is 12.1 Å². The molecule has 0 radical (unpaired) electrons. The van der Waals surface area contributed by atoms with E-state index >= 15 is 0 Å². The summed E-state index contributed by atoms with van der Waals surface area (Å²) in [5.74, 6) is -1.88. The maximum absolute atomic E-state index is 14.0. The van der Waals surface area contributed by atoms with Crippen molar-refractivity contribution >= 4 is 40.9 Å². The van der Waals surface area contributed by atoms with Gasteiger partial charge in [-0.05, 0) is 49.4 Å². The molecule has 0 spiro atoms. The van der Waals surface area contributed by atoms with Crippen molar-refractivity contribution in [2.24, 2.45) is 23.0 Å². The monoisotopic (exact) mass is 662 g/mol. The Balaban J connectivity index is 0.00000173. The number of nitrogens with one attached hydrogen (secondary N) is 3. The molecule has 12 heteroatoms. The van der Waals surface area contributed by atoms with Crippen LogP contribution in [0.2, 0.25) is 0 Å². The van der Waals surface area contributed by atoms with Crippen molar-refractivity contribution in [1.29, 1.82) is 0 Å². The molecule has 0 bridgehead atoms. The van der Waals surface area contributed by atoms with Gasteiger partial charge in [-0.15, -0.1) is 11.3 Å². The van der Waals surface area contributed by atoms with E-state index in [4.69, 9.17) is 5.73 Å². The van der Waals surface area contributed by atoms with Crippen molar-refractivity contribution < 1.29 is 24.0 Å². The van der Waals surface area contributed by atoms with E-state index in [1.54, 1.807) is 17.5 Å². The Labute approximate surface area is 279 Å². The van der Waals surface area contributed by atoms with Gasteiger partial charge < -0.3 is 26.6 Å². The average molecular weight is 663 g/mol. The fourth-order valence-electron chi connectivity index (χ4n) is 5.97. The Kier molecular flexibility index (Phi) is 15.1. The minimum atomic E-state index is -1.10. The Bertz CT molecular complexity index is 1160. The van der Waals surface area contributed by atoms with E-state index in [1.807, 2.05) is 40.0 Å². The predicted molar refractivity (Wildman–Crippen MR) is 182 cm³/mol. The third-order valence-corrected chi connectivity index (χ3v) is 9.38. The van der Waals surface area contributed by atoms with Crippen LogP contribution in [0.1, 0.15) is 118 Å². The lowest BCUT2D eigenvalue weighted by Crippen LogP contribution is -2.62. The first kappa shape index (κ1) is 39.2. The second-order valence-electron chi connectivity index (χ2n) is 14.8. The number of carbonyl (C=O) groups is 5.